The molecule has 29 heavy (non-hydrogen) atoms. The summed E-state index contributed by atoms with van der Waals surface area (Å²) in [6, 6.07) is 4.18. The number of nitrogens with zero attached hydrogens (tertiary/aromatic N) is 2. The molecule has 1 saturated carbocycles. The zero-order valence-corrected chi connectivity index (χ0v) is 17.3. The normalized spacial score (nSPS) is 18.6. The van der Waals surface area contributed by atoms with Crippen LogP contribution in [-0.4, -0.2) is 35.8 Å². The highest BCUT2D eigenvalue weighted by atomic mass is 35.5. The van der Waals surface area contributed by atoms with E-state index in [-0.39, 0.29) is 0 Å². The average molecular weight is 419 g/mol. The third-order valence-electron chi connectivity index (χ3n) is 5.88. The van der Waals surface area contributed by atoms with Gasteiger partial charge in [0.25, 0.3) is 0 Å². The van der Waals surface area contributed by atoms with E-state index in [0.29, 0.717) is 29.2 Å². The summed E-state index contributed by atoms with van der Waals surface area (Å²) in [5.74, 6) is 0.798. The van der Waals surface area contributed by atoms with Gasteiger partial charge in [0, 0.05) is 49.3 Å². The first-order chi connectivity index (χ1) is 14.2. The molecule has 0 atom stereocenters. The Bertz CT molecular complexity index is 822. The van der Waals surface area contributed by atoms with E-state index in [1.807, 2.05) is 6.07 Å². The maximum Gasteiger partial charge on any atom is 0.236 e. The molecule has 1 aliphatic heterocycles. The maximum absolute atomic E-state index is 14.3. The minimum Gasteiger partial charge on any atom is -0.381 e. The summed E-state index contributed by atoms with van der Waals surface area (Å²) in [7, 11) is 0. The van der Waals surface area contributed by atoms with Crippen molar-refractivity contribution in [2.45, 2.75) is 51.0 Å². The van der Waals surface area contributed by atoms with Crippen LogP contribution >= 0.6 is 11.6 Å². The number of aromatic nitrogens is 2. The van der Waals surface area contributed by atoms with Crippen molar-refractivity contribution >= 4 is 23.1 Å². The van der Waals surface area contributed by atoms with Crippen LogP contribution < -0.4 is 10.6 Å². The van der Waals surface area contributed by atoms with Crippen molar-refractivity contribution in [2.75, 3.05) is 30.4 Å². The first kappa shape index (κ1) is 20.4. The zero-order valence-electron chi connectivity index (χ0n) is 16.6. The smallest absolute Gasteiger partial charge is 0.236 e. The molecule has 156 valence electrons. The second kappa shape index (κ2) is 9.72. The van der Waals surface area contributed by atoms with E-state index in [0.717, 1.165) is 55.8 Å². The number of hydrogen-bond acceptors (Lipinski definition) is 5. The fourth-order valence-corrected chi connectivity index (χ4v) is 4.33. The molecule has 5 nitrogen and oxygen atoms in total. The summed E-state index contributed by atoms with van der Waals surface area (Å²) < 4.78 is 19.7. The van der Waals surface area contributed by atoms with E-state index in [1.165, 1.54) is 25.5 Å². The molecule has 4 rings (SSSR count). The number of halogens is 2. The van der Waals surface area contributed by atoms with Crippen LogP contribution in [0.3, 0.4) is 0 Å². The molecule has 1 saturated heterocycles. The van der Waals surface area contributed by atoms with E-state index >= 15 is 0 Å². The van der Waals surface area contributed by atoms with Crippen LogP contribution in [-0.2, 0) is 4.74 Å². The Kier molecular flexibility index (Phi) is 6.82. The Labute approximate surface area is 176 Å². The second-order valence-electron chi connectivity index (χ2n) is 8.03. The topological polar surface area (TPSA) is 59.1 Å². The molecule has 0 amide bonds. The second-order valence-corrected chi connectivity index (χ2v) is 8.43. The molecule has 0 aromatic carbocycles. The lowest BCUT2D eigenvalue weighted by Gasteiger charge is -2.23. The molecule has 2 N–H and O–H groups in total. The summed E-state index contributed by atoms with van der Waals surface area (Å²) in [6.45, 7) is 2.26. The van der Waals surface area contributed by atoms with Crippen LogP contribution in [0.2, 0.25) is 5.02 Å². The third-order valence-corrected chi connectivity index (χ3v) is 6.19. The molecule has 0 radical (unpaired) electrons. The predicted octanol–water partition coefficient (Wildman–Crippen LogP) is 5.52. The van der Waals surface area contributed by atoms with Gasteiger partial charge >= 0.3 is 0 Å². The zero-order chi connectivity index (χ0) is 20.1. The van der Waals surface area contributed by atoms with E-state index in [1.54, 1.807) is 12.3 Å². The molecule has 0 spiro atoms. The van der Waals surface area contributed by atoms with Gasteiger partial charge in [-0.3, -0.25) is 0 Å². The van der Waals surface area contributed by atoms with Gasteiger partial charge in [0.2, 0.25) is 5.95 Å². The van der Waals surface area contributed by atoms with E-state index in [2.05, 4.69) is 20.6 Å². The molecule has 1 aliphatic carbocycles. The lowest BCUT2D eigenvalue weighted by atomic mass is 9.95. The molecule has 2 aromatic rings. The summed E-state index contributed by atoms with van der Waals surface area (Å²) >= 11 is 6.42. The van der Waals surface area contributed by atoms with Gasteiger partial charge in [-0.2, -0.15) is 4.39 Å². The Balaban J connectivity index is 1.50. The van der Waals surface area contributed by atoms with Crippen LogP contribution in [0.1, 0.15) is 44.9 Å². The Hall–Kier alpha value is -1.92. The predicted molar refractivity (Wildman–Crippen MR) is 115 cm³/mol. The van der Waals surface area contributed by atoms with Gasteiger partial charge in [-0.15, -0.1) is 0 Å². The van der Waals surface area contributed by atoms with Crippen molar-refractivity contribution in [2.24, 2.45) is 5.92 Å². The number of rotatable bonds is 6. The molecule has 0 bridgehead atoms. The van der Waals surface area contributed by atoms with Gasteiger partial charge in [-0.1, -0.05) is 30.9 Å². The molecular formula is C22H28ClFN4O. The van der Waals surface area contributed by atoms with Crippen molar-refractivity contribution in [3.05, 3.63) is 35.5 Å². The molecule has 3 heterocycles. The molecule has 2 fully saturated rings. The fourth-order valence-electron chi connectivity index (χ4n) is 4.12. The van der Waals surface area contributed by atoms with Gasteiger partial charge in [0.05, 0.1) is 10.7 Å². The quantitative estimate of drug-likeness (QED) is 0.605. The third kappa shape index (κ3) is 5.37. The first-order valence-electron chi connectivity index (χ1n) is 10.6. The minimum atomic E-state index is -0.494. The monoisotopic (exact) mass is 418 g/mol. The minimum absolute atomic E-state index is 0.406. The molecule has 0 unspecified atom stereocenters. The van der Waals surface area contributed by atoms with Crippen LogP contribution in [0.25, 0.3) is 11.1 Å². The fraction of sp³-hybridized carbons (Fsp3) is 0.545. The summed E-state index contributed by atoms with van der Waals surface area (Å²) in [5.41, 5.74) is 1.99. The number of pyridine rings is 2. The number of nitrogens with one attached hydrogen (secondary N) is 2. The molecule has 2 aromatic heterocycles. The highest BCUT2D eigenvalue weighted by molar-refractivity contribution is 6.33. The standard InChI is InChI=1S/C22H28ClFN4O/c23-19-14-26-21(28-17-4-2-1-3-5-17)11-18(19)16-10-20(22(24)27-13-16)25-12-15-6-8-29-9-7-15/h10-11,13-15,17,25H,1-9,12H2,(H,26,28). The van der Waals surface area contributed by atoms with E-state index in [9.17, 15) is 4.39 Å². The molecule has 7 heteroatoms. The van der Waals surface area contributed by atoms with E-state index in [4.69, 9.17) is 16.3 Å². The Morgan fingerprint density at radius 3 is 2.62 bits per heavy atom. The van der Waals surface area contributed by atoms with Gasteiger partial charge in [-0.25, -0.2) is 9.97 Å². The maximum atomic E-state index is 14.3. The van der Waals surface area contributed by atoms with Crippen LogP contribution in [0.5, 0.6) is 0 Å². The summed E-state index contributed by atoms with van der Waals surface area (Å²) in [4.78, 5) is 8.38. The summed E-state index contributed by atoms with van der Waals surface area (Å²) in [5, 5.41) is 7.28. The van der Waals surface area contributed by atoms with Crippen LogP contribution in [0.4, 0.5) is 15.9 Å². The summed E-state index contributed by atoms with van der Waals surface area (Å²) in [6.07, 6.45) is 11.3. The van der Waals surface area contributed by atoms with Gasteiger partial charge in [0.15, 0.2) is 0 Å². The number of anilines is 2. The Morgan fingerprint density at radius 1 is 1.03 bits per heavy atom. The van der Waals surface area contributed by atoms with Gasteiger partial charge < -0.3 is 15.4 Å². The van der Waals surface area contributed by atoms with Gasteiger partial charge in [0.1, 0.15) is 5.82 Å². The SMILES string of the molecule is Fc1ncc(-c2cc(NC3CCCCC3)ncc2Cl)cc1NCC1CCOCC1. The van der Waals surface area contributed by atoms with E-state index < -0.39 is 5.95 Å². The van der Waals surface area contributed by atoms with Crippen molar-refractivity contribution in [3.8, 4) is 11.1 Å². The highest BCUT2D eigenvalue weighted by Gasteiger charge is 2.17. The first-order valence-corrected chi connectivity index (χ1v) is 11.0. The van der Waals surface area contributed by atoms with Gasteiger partial charge in [-0.05, 0) is 43.7 Å². The van der Waals surface area contributed by atoms with Crippen molar-refractivity contribution in [1.82, 2.24) is 9.97 Å². The van der Waals surface area contributed by atoms with Crippen LogP contribution in [0.15, 0.2) is 24.5 Å². The number of ether oxygens (including phenoxy) is 1. The van der Waals surface area contributed by atoms with Crippen LogP contribution in [0, 0.1) is 11.9 Å². The average Bonchev–Trinajstić information content (AvgIpc) is 2.76. The van der Waals surface area contributed by atoms with Crippen molar-refractivity contribution in [3.63, 3.8) is 0 Å². The lowest BCUT2D eigenvalue weighted by molar-refractivity contribution is 0.0699. The molecular weight excluding hydrogens is 391 g/mol. The Morgan fingerprint density at radius 2 is 1.83 bits per heavy atom. The lowest BCUT2D eigenvalue weighted by Crippen LogP contribution is -2.23. The molecule has 2 aliphatic rings. The largest absolute Gasteiger partial charge is 0.381 e. The van der Waals surface area contributed by atoms with Crippen molar-refractivity contribution < 1.29 is 9.13 Å². The number of hydrogen-bond donors (Lipinski definition) is 2. The van der Waals surface area contributed by atoms with Crippen molar-refractivity contribution in [1.29, 1.82) is 0 Å². The highest BCUT2D eigenvalue weighted by Crippen LogP contribution is 2.32.